The summed E-state index contributed by atoms with van der Waals surface area (Å²) in [5.74, 6) is -1.22. The van der Waals surface area contributed by atoms with E-state index < -0.39 is 23.2 Å². The number of rotatable bonds is 4. The van der Waals surface area contributed by atoms with Crippen LogP contribution in [0.4, 0.5) is 18.9 Å². The molecule has 0 bridgehead atoms. The lowest BCUT2D eigenvalue weighted by atomic mass is 9.95. The Morgan fingerprint density at radius 2 is 1.74 bits per heavy atom. The summed E-state index contributed by atoms with van der Waals surface area (Å²) in [5.41, 5.74) is -0.519. The average molecular weight is 430 g/mol. The van der Waals surface area contributed by atoms with Crippen LogP contribution in [0.3, 0.4) is 0 Å². The molecule has 162 valence electrons. The number of alkyl halides is 3. The molecule has 4 rings (SSSR count). The number of carbonyl (C=O) groups is 2. The minimum Gasteiger partial charge on any atom is -0.349 e. The first-order chi connectivity index (χ1) is 14.8. The van der Waals surface area contributed by atoms with Crippen LogP contribution in [-0.4, -0.2) is 28.1 Å². The molecule has 1 fully saturated rings. The van der Waals surface area contributed by atoms with Crippen LogP contribution in [0.5, 0.6) is 0 Å². The van der Waals surface area contributed by atoms with Gasteiger partial charge in [-0.05, 0) is 37.1 Å². The van der Waals surface area contributed by atoms with Crippen molar-refractivity contribution in [2.75, 3.05) is 5.32 Å². The summed E-state index contributed by atoms with van der Waals surface area (Å²) in [6.07, 6.45) is 1.90. The largest absolute Gasteiger partial charge is 0.417 e. The fourth-order valence-electron chi connectivity index (χ4n) is 3.95. The Kier molecular flexibility index (Phi) is 5.67. The highest BCUT2D eigenvalue weighted by molar-refractivity contribution is 6.10. The Labute approximate surface area is 176 Å². The number of aromatic nitrogens is 2. The molecule has 31 heavy (non-hydrogen) atoms. The third-order valence-corrected chi connectivity index (χ3v) is 5.47. The quantitative estimate of drug-likeness (QED) is 0.550. The van der Waals surface area contributed by atoms with E-state index in [4.69, 9.17) is 0 Å². The number of aromatic amines is 1. The lowest BCUT2D eigenvalue weighted by Gasteiger charge is -2.23. The maximum absolute atomic E-state index is 13.3. The van der Waals surface area contributed by atoms with E-state index in [0.717, 1.165) is 44.2 Å². The Bertz CT molecular complexity index is 1120. The molecule has 3 N–H and O–H groups in total. The van der Waals surface area contributed by atoms with Crippen LogP contribution in [0.25, 0.3) is 10.9 Å². The van der Waals surface area contributed by atoms with Gasteiger partial charge in [0.05, 0.1) is 28.4 Å². The highest BCUT2D eigenvalue weighted by Crippen LogP contribution is 2.32. The lowest BCUT2D eigenvalue weighted by Crippen LogP contribution is -2.36. The van der Waals surface area contributed by atoms with E-state index in [0.29, 0.717) is 10.9 Å². The van der Waals surface area contributed by atoms with E-state index in [1.54, 1.807) is 6.07 Å². The predicted molar refractivity (Wildman–Crippen MR) is 110 cm³/mol. The third kappa shape index (κ3) is 4.55. The molecule has 1 heterocycles. The number of halogens is 3. The molecule has 0 spiro atoms. The second-order valence-corrected chi connectivity index (χ2v) is 7.66. The van der Waals surface area contributed by atoms with Crippen molar-refractivity contribution in [3.05, 3.63) is 59.3 Å². The molecule has 0 atom stereocenters. The highest BCUT2D eigenvalue weighted by Gasteiger charge is 2.35. The molecule has 9 heteroatoms. The number of hydrogen-bond donors (Lipinski definition) is 3. The topological polar surface area (TPSA) is 86.9 Å². The number of benzene rings is 2. The minimum absolute atomic E-state index is 0.0798. The van der Waals surface area contributed by atoms with E-state index in [1.165, 1.54) is 24.4 Å². The zero-order valence-corrected chi connectivity index (χ0v) is 16.6. The van der Waals surface area contributed by atoms with E-state index in [1.807, 2.05) is 0 Å². The Morgan fingerprint density at radius 1 is 1.00 bits per heavy atom. The molecule has 1 saturated carbocycles. The van der Waals surface area contributed by atoms with Crippen LogP contribution in [0.15, 0.2) is 42.6 Å². The molecule has 0 unspecified atom stereocenters. The molecular formula is C22H21F3N4O2. The van der Waals surface area contributed by atoms with Crippen molar-refractivity contribution in [3.8, 4) is 0 Å². The Balaban J connectivity index is 1.62. The molecule has 2 aromatic carbocycles. The predicted octanol–water partition coefficient (Wildman–Crippen LogP) is 4.90. The number of hydrogen-bond acceptors (Lipinski definition) is 3. The van der Waals surface area contributed by atoms with Crippen LogP contribution in [0.1, 0.15) is 58.4 Å². The van der Waals surface area contributed by atoms with E-state index in [-0.39, 0.29) is 23.2 Å². The van der Waals surface area contributed by atoms with Gasteiger partial charge in [-0.2, -0.15) is 18.3 Å². The number of amides is 2. The van der Waals surface area contributed by atoms with Crippen LogP contribution in [0.2, 0.25) is 0 Å². The molecular weight excluding hydrogens is 409 g/mol. The van der Waals surface area contributed by atoms with Crippen molar-refractivity contribution in [1.82, 2.24) is 15.5 Å². The van der Waals surface area contributed by atoms with Crippen molar-refractivity contribution >= 4 is 28.4 Å². The van der Waals surface area contributed by atoms with E-state index >= 15 is 0 Å². The summed E-state index contributed by atoms with van der Waals surface area (Å²) in [6.45, 7) is 0. The Morgan fingerprint density at radius 3 is 2.48 bits per heavy atom. The first-order valence-corrected chi connectivity index (χ1v) is 10.1. The molecule has 0 saturated heterocycles. The monoisotopic (exact) mass is 430 g/mol. The molecule has 0 radical (unpaired) electrons. The number of H-pyrrole nitrogens is 1. The van der Waals surface area contributed by atoms with Gasteiger partial charge in [-0.1, -0.05) is 31.4 Å². The first kappa shape index (κ1) is 20.9. The zero-order chi connectivity index (χ0) is 22.0. The SMILES string of the molecule is O=C(Nc1cc(C(=O)NC2CCCCC2)c2[nH]ncc2c1)c1ccccc1C(F)(F)F. The molecule has 0 aliphatic heterocycles. The van der Waals surface area contributed by atoms with Crippen molar-refractivity contribution < 1.29 is 22.8 Å². The van der Waals surface area contributed by atoms with Gasteiger partial charge in [-0.3, -0.25) is 14.7 Å². The lowest BCUT2D eigenvalue weighted by molar-refractivity contribution is -0.137. The summed E-state index contributed by atoms with van der Waals surface area (Å²) in [7, 11) is 0. The number of nitrogens with zero attached hydrogens (tertiary/aromatic N) is 1. The molecule has 1 aliphatic rings. The first-order valence-electron chi connectivity index (χ1n) is 10.1. The molecule has 1 aliphatic carbocycles. The van der Waals surface area contributed by atoms with Crippen LogP contribution >= 0.6 is 0 Å². The van der Waals surface area contributed by atoms with Gasteiger partial charge in [0.15, 0.2) is 0 Å². The van der Waals surface area contributed by atoms with Crippen molar-refractivity contribution in [3.63, 3.8) is 0 Å². The summed E-state index contributed by atoms with van der Waals surface area (Å²) in [6, 6.07) is 7.66. The zero-order valence-electron chi connectivity index (χ0n) is 16.6. The van der Waals surface area contributed by atoms with Crippen molar-refractivity contribution in [2.24, 2.45) is 0 Å². The summed E-state index contributed by atoms with van der Waals surface area (Å²) >= 11 is 0. The number of carbonyl (C=O) groups excluding carboxylic acids is 2. The van der Waals surface area contributed by atoms with E-state index in [2.05, 4.69) is 20.8 Å². The summed E-state index contributed by atoms with van der Waals surface area (Å²) in [4.78, 5) is 25.5. The minimum atomic E-state index is -4.66. The molecule has 2 amide bonds. The normalized spacial score (nSPS) is 15.1. The van der Waals surface area contributed by atoms with E-state index in [9.17, 15) is 22.8 Å². The summed E-state index contributed by atoms with van der Waals surface area (Å²) < 4.78 is 39.8. The van der Waals surface area contributed by atoms with Gasteiger partial charge in [0.25, 0.3) is 11.8 Å². The Hall–Kier alpha value is -3.36. The number of nitrogens with one attached hydrogen (secondary N) is 3. The smallest absolute Gasteiger partial charge is 0.349 e. The molecule has 6 nitrogen and oxygen atoms in total. The maximum atomic E-state index is 13.3. The fraction of sp³-hybridized carbons (Fsp3) is 0.318. The van der Waals surface area contributed by atoms with Crippen LogP contribution in [0, 0.1) is 0 Å². The maximum Gasteiger partial charge on any atom is 0.417 e. The van der Waals surface area contributed by atoms with Crippen molar-refractivity contribution in [1.29, 1.82) is 0 Å². The number of fused-ring (bicyclic) bond motifs is 1. The van der Waals surface area contributed by atoms with Gasteiger partial charge in [0, 0.05) is 17.1 Å². The molecule has 3 aromatic rings. The third-order valence-electron chi connectivity index (χ3n) is 5.47. The fourth-order valence-corrected chi connectivity index (χ4v) is 3.95. The van der Waals surface area contributed by atoms with Gasteiger partial charge in [-0.15, -0.1) is 0 Å². The summed E-state index contributed by atoms with van der Waals surface area (Å²) in [5, 5.41) is 12.8. The number of anilines is 1. The standard InChI is InChI=1S/C22H21F3N4O2/c23-22(24,25)18-9-5-4-8-16(18)20(30)28-15-10-13-12-26-29-19(13)17(11-15)21(31)27-14-6-2-1-3-7-14/h4-5,8-12,14H,1-3,6-7H2,(H,26,29)(H,27,31)(H,28,30). The van der Waals surface area contributed by atoms with Crippen LogP contribution < -0.4 is 10.6 Å². The highest BCUT2D eigenvalue weighted by atomic mass is 19.4. The average Bonchev–Trinajstić information content (AvgIpc) is 3.22. The van der Waals surface area contributed by atoms with Gasteiger partial charge in [0.1, 0.15) is 0 Å². The van der Waals surface area contributed by atoms with Crippen molar-refractivity contribution in [2.45, 2.75) is 44.3 Å². The second kappa shape index (κ2) is 8.41. The second-order valence-electron chi connectivity index (χ2n) is 7.66. The van der Waals surface area contributed by atoms with Gasteiger partial charge >= 0.3 is 6.18 Å². The van der Waals surface area contributed by atoms with Gasteiger partial charge in [0.2, 0.25) is 0 Å². The van der Waals surface area contributed by atoms with Gasteiger partial charge < -0.3 is 10.6 Å². The van der Waals surface area contributed by atoms with Gasteiger partial charge in [-0.25, -0.2) is 0 Å². The molecule has 1 aromatic heterocycles. The van der Waals surface area contributed by atoms with Crippen LogP contribution in [-0.2, 0) is 6.18 Å².